The van der Waals surface area contributed by atoms with Crippen LogP contribution in [-0.2, 0) is 7.05 Å². The zero-order chi connectivity index (χ0) is 17.2. The lowest BCUT2D eigenvalue weighted by Crippen LogP contribution is -2.44. The van der Waals surface area contributed by atoms with E-state index in [-0.39, 0.29) is 5.78 Å². The van der Waals surface area contributed by atoms with Crippen LogP contribution in [0.4, 0.5) is 5.13 Å². The third kappa shape index (κ3) is 2.18. The van der Waals surface area contributed by atoms with Gasteiger partial charge in [0.2, 0.25) is 0 Å². The molecule has 5 rings (SSSR count). The number of anilines is 1. The van der Waals surface area contributed by atoms with Gasteiger partial charge >= 0.3 is 0 Å². The van der Waals surface area contributed by atoms with E-state index in [0.29, 0.717) is 24.3 Å². The first kappa shape index (κ1) is 14.9. The van der Waals surface area contributed by atoms with Gasteiger partial charge in [0, 0.05) is 20.0 Å². The molecule has 1 atom stereocenters. The van der Waals surface area contributed by atoms with Crippen LogP contribution >= 0.6 is 11.3 Å². The number of aryl methyl sites for hydroxylation is 2. The third-order valence-electron chi connectivity index (χ3n) is 5.12. The molecular weight excluding hydrogens is 336 g/mol. The second kappa shape index (κ2) is 5.05. The molecule has 1 spiro atoms. The summed E-state index contributed by atoms with van der Waals surface area (Å²) < 4.78 is 9.26. The number of Topliss-reactive ketones (excluding diaryl/α,β-unsaturated/α-hetero) is 1. The fourth-order valence-corrected chi connectivity index (χ4v) is 4.95. The predicted octanol–water partition coefficient (Wildman–Crippen LogP) is 2.95. The summed E-state index contributed by atoms with van der Waals surface area (Å²) >= 11 is 1.67. The van der Waals surface area contributed by atoms with Crippen LogP contribution in [0.15, 0.2) is 24.3 Å². The van der Waals surface area contributed by atoms with E-state index in [9.17, 15) is 4.79 Å². The van der Waals surface area contributed by atoms with E-state index in [1.54, 1.807) is 11.3 Å². The van der Waals surface area contributed by atoms with Crippen molar-refractivity contribution >= 4 is 32.6 Å². The molecule has 0 unspecified atom stereocenters. The standard InChI is InChI=1S/C18H18N4O2S/c1-11-15-16(21(2)20-11)19-17(25-15)22-8-7-18(10-22)9-13(23)12-5-3-4-6-14(12)24-18/h3-6H,7-10H2,1-2H3/t18-/m1/s1. The molecule has 2 aromatic heterocycles. The summed E-state index contributed by atoms with van der Waals surface area (Å²) in [7, 11) is 1.92. The molecule has 25 heavy (non-hydrogen) atoms. The number of rotatable bonds is 1. The number of para-hydroxylation sites is 1. The first-order chi connectivity index (χ1) is 12.0. The van der Waals surface area contributed by atoms with Crippen LogP contribution < -0.4 is 9.64 Å². The maximum Gasteiger partial charge on any atom is 0.188 e. The van der Waals surface area contributed by atoms with Crippen molar-refractivity contribution < 1.29 is 9.53 Å². The molecule has 1 aromatic carbocycles. The average molecular weight is 354 g/mol. The number of hydrogen-bond acceptors (Lipinski definition) is 6. The minimum atomic E-state index is -0.434. The van der Waals surface area contributed by atoms with Gasteiger partial charge in [-0.15, -0.1) is 0 Å². The monoisotopic (exact) mass is 354 g/mol. The minimum absolute atomic E-state index is 0.174. The fraction of sp³-hybridized carbons (Fsp3) is 0.389. The van der Waals surface area contributed by atoms with Crippen molar-refractivity contribution in [3.8, 4) is 5.75 Å². The van der Waals surface area contributed by atoms with Gasteiger partial charge in [-0.05, 0) is 19.1 Å². The molecular formula is C18H18N4O2S. The number of hydrogen-bond donors (Lipinski definition) is 0. The molecule has 2 aliphatic rings. The molecule has 3 aromatic rings. The highest BCUT2D eigenvalue weighted by Crippen LogP contribution is 2.41. The van der Waals surface area contributed by atoms with Gasteiger partial charge in [-0.25, -0.2) is 9.67 Å². The SMILES string of the molecule is Cc1nn(C)c2nc(N3CC[C@@]4(CC(=O)c5ccccc5O4)C3)sc12. The summed E-state index contributed by atoms with van der Waals surface area (Å²) in [6, 6.07) is 7.54. The molecule has 0 saturated carbocycles. The molecule has 6 nitrogen and oxygen atoms in total. The molecule has 128 valence electrons. The fourth-order valence-electron chi connectivity index (χ4n) is 3.89. The van der Waals surface area contributed by atoms with E-state index in [0.717, 1.165) is 34.1 Å². The van der Waals surface area contributed by atoms with E-state index in [4.69, 9.17) is 9.72 Å². The van der Waals surface area contributed by atoms with Crippen molar-refractivity contribution in [1.29, 1.82) is 0 Å². The van der Waals surface area contributed by atoms with Crippen LogP contribution in [0.1, 0.15) is 28.9 Å². The smallest absolute Gasteiger partial charge is 0.188 e. The molecule has 0 bridgehead atoms. The second-order valence-corrected chi connectivity index (χ2v) is 7.89. The summed E-state index contributed by atoms with van der Waals surface area (Å²) in [4.78, 5) is 19.6. The van der Waals surface area contributed by atoms with Gasteiger partial charge in [0.15, 0.2) is 16.6 Å². The van der Waals surface area contributed by atoms with Crippen LogP contribution in [0.25, 0.3) is 10.3 Å². The Hall–Kier alpha value is -2.41. The molecule has 1 fully saturated rings. The number of fused-ring (bicyclic) bond motifs is 2. The number of thiazole rings is 1. The highest BCUT2D eigenvalue weighted by atomic mass is 32.1. The summed E-state index contributed by atoms with van der Waals surface area (Å²) in [5, 5.41) is 5.40. The van der Waals surface area contributed by atoms with Crippen molar-refractivity contribution in [2.45, 2.75) is 25.4 Å². The highest BCUT2D eigenvalue weighted by Gasteiger charge is 2.46. The number of benzene rings is 1. The lowest BCUT2D eigenvalue weighted by molar-refractivity contribution is 0.0538. The van der Waals surface area contributed by atoms with E-state index in [2.05, 4.69) is 10.00 Å². The zero-order valence-electron chi connectivity index (χ0n) is 14.2. The number of ether oxygens (including phenoxy) is 1. The Morgan fingerprint density at radius 2 is 2.16 bits per heavy atom. The van der Waals surface area contributed by atoms with Gasteiger partial charge in [-0.3, -0.25) is 4.79 Å². The summed E-state index contributed by atoms with van der Waals surface area (Å²) in [6.07, 6.45) is 1.27. The van der Waals surface area contributed by atoms with E-state index in [1.807, 2.05) is 42.9 Å². The first-order valence-electron chi connectivity index (χ1n) is 8.41. The second-order valence-electron chi connectivity index (χ2n) is 6.91. The van der Waals surface area contributed by atoms with Crippen LogP contribution in [0.5, 0.6) is 5.75 Å². The zero-order valence-corrected chi connectivity index (χ0v) is 15.0. The molecule has 1 saturated heterocycles. The third-order valence-corrected chi connectivity index (χ3v) is 6.33. The average Bonchev–Trinajstić information content (AvgIpc) is 3.25. The predicted molar refractivity (Wildman–Crippen MR) is 96.7 cm³/mol. The molecule has 0 amide bonds. The Labute approximate surface area is 149 Å². The molecule has 0 aliphatic carbocycles. The van der Waals surface area contributed by atoms with Crippen molar-refractivity contribution in [2.24, 2.45) is 7.05 Å². The van der Waals surface area contributed by atoms with Crippen molar-refractivity contribution in [2.75, 3.05) is 18.0 Å². The van der Waals surface area contributed by atoms with Gasteiger partial charge in [-0.2, -0.15) is 5.10 Å². The van der Waals surface area contributed by atoms with Gasteiger partial charge < -0.3 is 9.64 Å². The Kier molecular flexibility index (Phi) is 3.01. The lowest BCUT2D eigenvalue weighted by Gasteiger charge is -2.34. The van der Waals surface area contributed by atoms with Crippen LogP contribution in [-0.4, -0.2) is 39.2 Å². The molecule has 0 N–H and O–H groups in total. The van der Waals surface area contributed by atoms with Gasteiger partial charge in [0.05, 0.1) is 28.9 Å². The van der Waals surface area contributed by atoms with Crippen LogP contribution in [0.3, 0.4) is 0 Å². The van der Waals surface area contributed by atoms with Gasteiger partial charge in [-0.1, -0.05) is 23.5 Å². The number of carbonyl (C=O) groups is 1. The Morgan fingerprint density at radius 1 is 1.32 bits per heavy atom. The Morgan fingerprint density at radius 3 is 3.00 bits per heavy atom. The summed E-state index contributed by atoms with van der Waals surface area (Å²) in [5.74, 6) is 0.887. The van der Waals surface area contributed by atoms with E-state index in [1.165, 1.54) is 0 Å². The quantitative estimate of drug-likeness (QED) is 0.672. The first-order valence-corrected chi connectivity index (χ1v) is 9.23. The van der Waals surface area contributed by atoms with Crippen LogP contribution in [0, 0.1) is 6.92 Å². The number of aromatic nitrogens is 3. The highest BCUT2D eigenvalue weighted by molar-refractivity contribution is 7.22. The molecule has 7 heteroatoms. The topological polar surface area (TPSA) is 60.2 Å². The molecule has 0 radical (unpaired) electrons. The minimum Gasteiger partial charge on any atom is -0.484 e. The Balaban J connectivity index is 1.46. The lowest BCUT2D eigenvalue weighted by atomic mass is 9.89. The van der Waals surface area contributed by atoms with Crippen molar-refractivity contribution in [3.63, 3.8) is 0 Å². The summed E-state index contributed by atoms with van der Waals surface area (Å²) in [6.45, 7) is 3.55. The van der Waals surface area contributed by atoms with Crippen molar-refractivity contribution in [3.05, 3.63) is 35.5 Å². The van der Waals surface area contributed by atoms with E-state index >= 15 is 0 Å². The maximum absolute atomic E-state index is 12.6. The van der Waals surface area contributed by atoms with Gasteiger partial charge in [0.25, 0.3) is 0 Å². The largest absolute Gasteiger partial charge is 0.484 e. The number of nitrogens with zero attached hydrogens (tertiary/aromatic N) is 4. The maximum atomic E-state index is 12.6. The normalized spacial score (nSPS) is 22.6. The van der Waals surface area contributed by atoms with Crippen LogP contribution in [0.2, 0.25) is 0 Å². The molecule has 2 aliphatic heterocycles. The Bertz CT molecular complexity index is 973. The van der Waals surface area contributed by atoms with Crippen molar-refractivity contribution in [1.82, 2.24) is 14.8 Å². The van der Waals surface area contributed by atoms with Gasteiger partial charge in [0.1, 0.15) is 11.4 Å². The number of ketones is 1. The van der Waals surface area contributed by atoms with E-state index < -0.39 is 5.60 Å². The number of carbonyl (C=O) groups excluding carboxylic acids is 1. The summed E-state index contributed by atoms with van der Waals surface area (Å²) in [5.41, 5.74) is 2.20. The molecule has 4 heterocycles.